The Morgan fingerprint density at radius 2 is 1.81 bits per heavy atom. The summed E-state index contributed by atoms with van der Waals surface area (Å²) in [6.45, 7) is 5.63. The second-order valence-corrected chi connectivity index (χ2v) is 7.21. The first-order chi connectivity index (χ1) is 12.8. The summed E-state index contributed by atoms with van der Waals surface area (Å²) in [5, 5.41) is 2.88. The Morgan fingerprint density at radius 3 is 2.44 bits per heavy atom. The highest BCUT2D eigenvalue weighted by Gasteiger charge is 2.18. The van der Waals surface area contributed by atoms with Gasteiger partial charge in [0.05, 0.1) is 0 Å². The Labute approximate surface area is 161 Å². The number of para-hydroxylation sites is 1. The van der Waals surface area contributed by atoms with Gasteiger partial charge in [-0.15, -0.1) is 0 Å². The van der Waals surface area contributed by atoms with Gasteiger partial charge in [-0.1, -0.05) is 18.2 Å². The number of likely N-dealkylation sites (N-methyl/N-ethyl adjacent to an activating group) is 2. The molecule has 2 rings (SSSR count). The standard InChI is InChI=1S/C21H30N4O2/c1-16-11-13-25(17(2)15-23(3)4)21(27)19(16)20(26)22-12-14-24(5)18-9-7-6-8-10-18/h6-11,13,17H,12,14-15H2,1-5H3,(H,22,26). The van der Waals surface area contributed by atoms with Crippen molar-refractivity contribution in [2.75, 3.05) is 45.7 Å². The fourth-order valence-electron chi connectivity index (χ4n) is 3.12. The number of carbonyl (C=O) groups excluding carboxylic acids is 1. The van der Waals surface area contributed by atoms with E-state index in [4.69, 9.17) is 0 Å². The Balaban J connectivity index is 2.06. The molecule has 1 heterocycles. The van der Waals surface area contributed by atoms with Crippen LogP contribution in [-0.4, -0.2) is 56.2 Å². The fraction of sp³-hybridized carbons (Fsp3) is 0.429. The van der Waals surface area contributed by atoms with E-state index in [-0.39, 0.29) is 23.1 Å². The molecule has 6 heteroatoms. The maximum absolute atomic E-state index is 12.8. The maximum Gasteiger partial charge on any atom is 0.263 e. The summed E-state index contributed by atoms with van der Waals surface area (Å²) in [6, 6.07) is 11.8. The number of aromatic nitrogens is 1. The van der Waals surface area contributed by atoms with E-state index in [1.807, 2.05) is 69.4 Å². The van der Waals surface area contributed by atoms with E-state index in [9.17, 15) is 9.59 Å². The van der Waals surface area contributed by atoms with Gasteiger partial charge >= 0.3 is 0 Å². The molecule has 0 aliphatic rings. The number of hydrogen-bond donors (Lipinski definition) is 1. The van der Waals surface area contributed by atoms with Crippen LogP contribution in [0.1, 0.15) is 28.9 Å². The number of nitrogens with zero attached hydrogens (tertiary/aromatic N) is 3. The smallest absolute Gasteiger partial charge is 0.263 e. The molecule has 0 aliphatic heterocycles. The minimum atomic E-state index is -0.314. The molecule has 1 unspecified atom stereocenters. The Kier molecular flexibility index (Phi) is 7.19. The highest BCUT2D eigenvalue weighted by atomic mass is 16.2. The van der Waals surface area contributed by atoms with Crippen molar-refractivity contribution in [3.63, 3.8) is 0 Å². The first kappa shape index (κ1) is 20.7. The van der Waals surface area contributed by atoms with Gasteiger partial charge in [-0.2, -0.15) is 0 Å². The van der Waals surface area contributed by atoms with E-state index in [0.29, 0.717) is 18.7 Å². The van der Waals surface area contributed by atoms with Crippen molar-refractivity contribution >= 4 is 11.6 Å². The lowest BCUT2D eigenvalue weighted by Crippen LogP contribution is -2.39. The molecule has 0 radical (unpaired) electrons. The van der Waals surface area contributed by atoms with E-state index in [0.717, 1.165) is 12.2 Å². The van der Waals surface area contributed by atoms with Gasteiger partial charge in [-0.05, 0) is 51.7 Å². The molecular formula is C21H30N4O2. The van der Waals surface area contributed by atoms with Gasteiger partial charge in [0.2, 0.25) is 0 Å². The molecule has 146 valence electrons. The van der Waals surface area contributed by atoms with E-state index in [1.54, 1.807) is 17.7 Å². The van der Waals surface area contributed by atoms with Crippen LogP contribution < -0.4 is 15.8 Å². The van der Waals surface area contributed by atoms with Gasteiger partial charge in [0.25, 0.3) is 11.5 Å². The number of pyridine rings is 1. The zero-order chi connectivity index (χ0) is 20.0. The first-order valence-electron chi connectivity index (χ1n) is 9.22. The summed E-state index contributed by atoms with van der Waals surface area (Å²) >= 11 is 0. The van der Waals surface area contributed by atoms with Gasteiger partial charge in [0.15, 0.2) is 0 Å². The lowest BCUT2D eigenvalue weighted by molar-refractivity contribution is 0.0951. The van der Waals surface area contributed by atoms with Gasteiger partial charge < -0.3 is 19.7 Å². The van der Waals surface area contributed by atoms with Crippen LogP contribution in [0, 0.1) is 6.92 Å². The average Bonchev–Trinajstić information content (AvgIpc) is 2.61. The van der Waals surface area contributed by atoms with Crippen LogP contribution in [-0.2, 0) is 0 Å². The summed E-state index contributed by atoms with van der Waals surface area (Å²) in [5.74, 6) is -0.314. The Morgan fingerprint density at radius 1 is 1.15 bits per heavy atom. The highest BCUT2D eigenvalue weighted by Crippen LogP contribution is 2.10. The SMILES string of the molecule is Cc1ccn(C(C)CN(C)C)c(=O)c1C(=O)NCCN(C)c1ccccc1. The van der Waals surface area contributed by atoms with Crippen molar-refractivity contribution in [2.24, 2.45) is 0 Å². The number of amides is 1. The summed E-state index contributed by atoms with van der Waals surface area (Å²) in [4.78, 5) is 29.6. The molecule has 0 bridgehead atoms. The van der Waals surface area contributed by atoms with E-state index in [2.05, 4.69) is 10.2 Å². The third kappa shape index (κ3) is 5.44. The minimum Gasteiger partial charge on any atom is -0.373 e. The topological polar surface area (TPSA) is 57.6 Å². The van der Waals surface area contributed by atoms with Crippen LogP contribution in [0.25, 0.3) is 0 Å². The van der Waals surface area contributed by atoms with Crippen molar-refractivity contribution in [2.45, 2.75) is 19.9 Å². The average molecular weight is 370 g/mol. The number of hydrogen-bond acceptors (Lipinski definition) is 4. The Hall–Kier alpha value is -2.60. The lowest BCUT2D eigenvalue weighted by Gasteiger charge is -2.21. The molecule has 27 heavy (non-hydrogen) atoms. The van der Waals surface area contributed by atoms with Crippen LogP contribution in [0.2, 0.25) is 0 Å². The molecule has 1 amide bonds. The van der Waals surface area contributed by atoms with Gasteiger partial charge in [-0.3, -0.25) is 9.59 Å². The normalized spacial score (nSPS) is 12.1. The molecule has 1 N–H and O–H groups in total. The second kappa shape index (κ2) is 9.37. The summed E-state index contributed by atoms with van der Waals surface area (Å²) in [7, 11) is 5.91. The predicted molar refractivity (Wildman–Crippen MR) is 111 cm³/mol. The molecular weight excluding hydrogens is 340 g/mol. The van der Waals surface area contributed by atoms with Gasteiger partial charge in [-0.25, -0.2) is 0 Å². The van der Waals surface area contributed by atoms with Gasteiger partial charge in [0.1, 0.15) is 5.56 Å². The van der Waals surface area contributed by atoms with Crippen molar-refractivity contribution in [1.82, 2.24) is 14.8 Å². The third-order valence-corrected chi connectivity index (χ3v) is 4.59. The predicted octanol–water partition coefficient (Wildman–Crippen LogP) is 2.15. The molecule has 0 spiro atoms. The quantitative estimate of drug-likeness (QED) is 0.774. The molecule has 6 nitrogen and oxygen atoms in total. The fourth-order valence-corrected chi connectivity index (χ4v) is 3.12. The number of nitrogens with one attached hydrogen (secondary N) is 1. The zero-order valence-corrected chi connectivity index (χ0v) is 16.9. The van der Waals surface area contributed by atoms with Crippen molar-refractivity contribution in [3.8, 4) is 0 Å². The zero-order valence-electron chi connectivity index (χ0n) is 16.9. The van der Waals surface area contributed by atoms with E-state index >= 15 is 0 Å². The summed E-state index contributed by atoms with van der Waals surface area (Å²) in [5.41, 5.74) is 1.77. The molecule has 1 aromatic carbocycles. The Bertz CT molecular complexity index is 815. The van der Waals surface area contributed by atoms with E-state index < -0.39 is 0 Å². The first-order valence-corrected chi connectivity index (χ1v) is 9.22. The number of aryl methyl sites for hydroxylation is 1. The molecule has 0 fully saturated rings. The highest BCUT2D eigenvalue weighted by molar-refractivity contribution is 5.95. The monoisotopic (exact) mass is 370 g/mol. The van der Waals surface area contributed by atoms with Crippen LogP contribution in [0.5, 0.6) is 0 Å². The number of anilines is 1. The second-order valence-electron chi connectivity index (χ2n) is 7.21. The van der Waals surface area contributed by atoms with Crippen molar-refractivity contribution in [3.05, 3.63) is 64.1 Å². The molecule has 0 saturated heterocycles. The summed E-state index contributed by atoms with van der Waals surface area (Å²) < 4.78 is 1.64. The minimum absolute atomic E-state index is 0.0103. The molecule has 2 aromatic rings. The maximum atomic E-state index is 12.8. The molecule has 1 atom stereocenters. The lowest BCUT2D eigenvalue weighted by atomic mass is 10.1. The molecule has 1 aromatic heterocycles. The van der Waals surface area contributed by atoms with Crippen LogP contribution in [0.15, 0.2) is 47.4 Å². The van der Waals surface area contributed by atoms with Crippen molar-refractivity contribution < 1.29 is 4.79 Å². The summed E-state index contributed by atoms with van der Waals surface area (Å²) in [6.07, 6.45) is 1.77. The number of benzene rings is 1. The van der Waals surface area contributed by atoms with Crippen LogP contribution in [0.4, 0.5) is 5.69 Å². The number of carbonyl (C=O) groups is 1. The number of rotatable bonds is 8. The van der Waals surface area contributed by atoms with E-state index in [1.165, 1.54) is 0 Å². The third-order valence-electron chi connectivity index (χ3n) is 4.59. The van der Waals surface area contributed by atoms with Crippen LogP contribution in [0.3, 0.4) is 0 Å². The largest absolute Gasteiger partial charge is 0.373 e. The molecule has 0 saturated carbocycles. The van der Waals surface area contributed by atoms with Crippen molar-refractivity contribution in [1.29, 1.82) is 0 Å². The molecule has 0 aliphatic carbocycles. The van der Waals surface area contributed by atoms with Crippen LogP contribution >= 0.6 is 0 Å². The van der Waals surface area contributed by atoms with Gasteiger partial charge in [0, 0.05) is 44.6 Å².